The molecule has 134 valence electrons. The number of nitrogens with zero attached hydrogens (tertiary/aromatic N) is 3. The van der Waals surface area contributed by atoms with Crippen molar-refractivity contribution in [1.82, 2.24) is 15.2 Å². The average Bonchev–Trinajstić information content (AvgIpc) is 2.58. The largest absolute Gasteiger partial charge is 0.352 e. The third kappa shape index (κ3) is 5.14. The molecular weight excluding hydrogens is 455 g/mol. The van der Waals surface area contributed by atoms with Gasteiger partial charge < -0.3 is 10.2 Å². The van der Waals surface area contributed by atoms with E-state index in [2.05, 4.69) is 32.0 Å². The first-order valence-corrected chi connectivity index (χ1v) is 9.77. The van der Waals surface area contributed by atoms with Gasteiger partial charge in [-0.1, -0.05) is 36.9 Å². The van der Waals surface area contributed by atoms with E-state index < -0.39 is 0 Å². The highest BCUT2D eigenvalue weighted by molar-refractivity contribution is 14.0. The van der Waals surface area contributed by atoms with Crippen LogP contribution in [0.25, 0.3) is 0 Å². The molecule has 2 fully saturated rings. The van der Waals surface area contributed by atoms with Crippen molar-refractivity contribution in [1.29, 1.82) is 0 Å². The van der Waals surface area contributed by atoms with E-state index in [1.807, 2.05) is 25.4 Å². The van der Waals surface area contributed by atoms with Gasteiger partial charge in [-0.15, -0.1) is 24.0 Å². The molecule has 1 aliphatic heterocycles. The van der Waals surface area contributed by atoms with Gasteiger partial charge in [-0.2, -0.15) is 11.8 Å². The number of thioether (sulfide) groups is 1. The number of hydrogen-bond acceptors (Lipinski definition) is 3. The molecule has 0 aromatic carbocycles. The van der Waals surface area contributed by atoms with E-state index in [0.717, 1.165) is 31.2 Å². The van der Waals surface area contributed by atoms with Gasteiger partial charge in [-0.3, -0.25) is 4.99 Å². The molecular formula is C17H26ClIN4S. The van der Waals surface area contributed by atoms with Crippen molar-refractivity contribution in [2.75, 3.05) is 25.9 Å². The molecule has 1 aliphatic carbocycles. The summed E-state index contributed by atoms with van der Waals surface area (Å²) in [5.74, 6) is 2.20. The second kappa shape index (κ2) is 9.48. The first-order valence-electron chi connectivity index (χ1n) is 8.41. The van der Waals surface area contributed by atoms with E-state index in [0.29, 0.717) is 9.90 Å². The number of pyridine rings is 1. The van der Waals surface area contributed by atoms with E-state index in [9.17, 15) is 0 Å². The lowest BCUT2D eigenvalue weighted by molar-refractivity contribution is 0.293. The lowest BCUT2D eigenvalue weighted by atomic mass is 9.87. The summed E-state index contributed by atoms with van der Waals surface area (Å²) in [5, 5.41) is 4.01. The molecule has 0 atom stereocenters. The Kier molecular flexibility index (Phi) is 7.94. The van der Waals surface area contributed by atoms with Crippen molar-refractivity contribution in [3.63, 3.8) is 0 Å². The standard InChI is InChI=1S/C17H25ClN4S.HI/c1-19-16(21-12-14-5-6-15(18)20-11-14)22-9-10-23-17(13-22)7-3-2-4-8-17;/h5-6,11H,2-4,7-10,12-13H2,1H3,(H,19,21);1H. The molecule has 2 heterocycles. The summed E-state index contributed by atoms with van der Waals surface area (Å²) in [6, 6.07) is 3.83. The highest BCUT2D eigenvalue weighted by atomic mass is 127. The van der Waals surface area contributed by atoms with E-state index in [-0.39, 0.29) is 24.0 Å². The highest BCUT2D eigenvalue weighted by Gasteiger charge is 2.38. The van der Waals surface area contributed by atoms with Crippen molar-refractivity contribution in [2.45, 2.75) is 43.4 Å². The first-order chi connectivity index (χ1) is 11.2. The van der Waals surface area contributed by atoms with Crippen molar-refractivity contribution in [3.8, 4) is 0 Å². The Morgan fingerprint density at radius 1 is 1.38 bits per heavy atom. The lowest BCUT2D eigenvalue weighted by Crippen LogP contribution is -2.53. The van der Waals surface area contributed by atoms with Crippen LogP contribution in [0.4, 0.5) is 0 Å². The molecule has 0 radical (unpaired) electrons. The SMILES string of the molecule is CN=C(NCc1ccc(Cl)nc1)N1CCSC2(CCCCC2)C1.I. The van der Waals surface area contributed by atoms with E-state index in [1.54, 1.807) is 0 Å². The summed E-state index contributed by atoms with van der Waals surface area (Å²) in [5.41, 5.74) is 1.12. The van der Waals surface area contributed by atoms with Crippen LogP contribution in [0.15, 0.2) is 23.3 Å². The maximum atomic E-state index is 5.84. The van der Waals surface area contributed by atoms with E-state index in [1.165, 1.54) is 37.9 Å². The van der Waals surface area contributed by atoms with E-state index in [4.69, 9.17) is 11.6 Å². The molecule has 1 N–H and O–H groups in total. The number of aromatic nitrogens is 1. The summed E-state index contributed by atoms with van der Waals surface area (Å²) >= 11 is 8.03. The molecule has 4 nitrogen and oxygen atoms in total. The van der Waals surface area contributed by atoms with Crippen LogP contribution < -0.4 is 5.32 Å². The minimum Gasteiger partial charge on any atom is -0.352 e. The topological polar surface area (TPSA) is 40.5 Å². The molecule has 7 heteroatoms. The summed E-state index contributed by atoms with van der Waals surface area (Å²) < 4.78 is 0.454. The summed E-state index contributed by atoms with van der Waals surface area (Å²) in [7, 11) is 1.87. The summed E-state index contributed by atoms with van der Waals surface area (Å²) in [6.07, 6.45) is 8.68. The number of hydrogen-bond donors (Lipinski definition) is 1. The molecule has 2 aliphatic rings. The predicted octanol–water partition coefficient (Wildman–Crippen LogP) is 4.18. The smallest absolute Gasteiger partial charge is 0.193 e. The number of aliphatic imine (C=N–C) groups is 1. The predicted molar refractivity (Wildman–Crippen MR) is 115 cm³/mol. The average molecular weight is 481 g/mol. The second-order valence-corrected chi connectivity index (χ2v) is 8.35. The second-order valence-electron chi connectivity index (χ2n) is 6.40. The normalized spacial score (nSPS) is 20.6. The van der Waals surface area contributed by atoms with Gasteiger partial charge in [0.2, 0.25) is 0 Å². The zero-order chi connectivity index (χ0) is 16.1. The molecule has 1 saturated carbocycles. The van der Waals surface area contributed by atoms with Crippen molar-refractivity contribution in [3.05, 3.63) is 29.0 Å². The van der Waals surface area contributed by atoms with Crippen LogP contribution in [0, 0.1) is 0 Å². The maximum absolute atomic E-state index is 5.84. The molecule has 1 aromatic rings. The van der Waals surface area contributed by atoms with Crippen molar-refractivity contribution < 1.29 is 0 Å². The third-order valence-electron chi connectivity index (χ3n) is 4.76. The zero-order valence-electron chi connectivity index (χ0n) is 14.1. The van der Waals surface area contributed by atoms with Gasteiger partial charge in [0, 0.05) is 43.4 Å². The van der Waals surface area contributed by atoms with Crippen molar-refractivity contribution in [2.24, 2.45) is 4.99 Å². The van der Waals surface area contributed by atoms with Crippen LogP contribution in [0.1, 0.15) is 37.7 Å². The maximum Gasteiger partial charge on any atom is 0.193 e. The third-order valence-corrected chi connectivity index (χ3v) is 6.52. The molecule has 0 amide bonds. The van der Waals surface area contributed by atoms with Crippen LogP contribution in [0.2, 0.25) is 5.15 Å². The monoisotopic (exact) mass is 480 g/mol. The van der Waals surface area contributed by atoms with Gasteiger partial charge in [-0.25, -0.2) is 4.98 Å². The molecule has 1 spiro atoms. The Hall–Kier alpha value is -0.210. The van der Waals surface area contributed by atoms with E-state index >= 15 is 0 Å². The fourth-order valence-corrected chi connectivity index (χ4v) is 5.23. The molecule has 1 aromatic heterocycles. The molecule has 3 rings (SSSR count). The first kappa shape index (κ1) is 20.1. The highest BCUT2D eigenvalue weighted by Crippen LogP contribution is 2.42. The van der Waals surface area contributed by atoms with Gasteiger partial charge >= 0.3 is 0 Å². The molecule has 1 saturated heterocycles. The number of rotatable bonds is 2. The van der Waals surface area contributed by atoms with Crippen molar-refractivity contribution >= 4 is 53.3 Å². The zero-order valence-corrected chi connectivity index (χ0v) is 18.0. The van der Waals surface area contributed by atoms with Gasteiger partial charge in [-0.05, 0) is 24.5 Å². The van der Waals surface area contributed by atoms with Gasteiger partial charge in [0.1, 0.15) is 5.15 Å². The van der Waals surface area contributed by atoms with Gasteiger partial charge in [0.05, 0.1) is 0 Å². The van der Waals surface area contributed by atoms with Crippen LogP contribution in [-0.4, -0.2) is 46.5 Å². The Labute approximate surface area is 171 Å². The lowest BCUT2D eigenvalue weighted by Gasteiger charge is -2.45. The summed E-state index contributed by atoms with van der Waals surface area (Å²) in [6.45, 7) is 2.93. The van der Waals surface area contributed by atoms with Gasteiger partial charge in [0.15, 0.2) is 5.96 Å². The number of guanidine groups is 1. The van der Waals surface area contributed by atoms with Gasteiger partial charge in [0.25, 0.3) is 0 Å². The number of nitrogens with one attached hydrogen (secondary N) is 1. The Bertz CT molecular complexity index is 541. The van der Waals surface area contributed by atoms with Crippen LogP contribution in [-0.2, 0) is 6.54 Å². The Morgan fingerprint density at radius 2 is 2.17 bits per heavy atom. The fourth-order valence-electron chi connectivity index (χ4n) is 3.55. The van der Waals surface area contributed by atoms with Crippen LogP contribution in [0.5, 0.6) is 0 Å². The van der Waals surface area contributed by atoms with Crippen LogP contribution >= 0.6 is 47.3 Å². The summed E-state index contributed by atoms with van der Waals surface area (Å²) in [4.78, 5) is 11.1. The minimum absolute atomic E-state index is 0. The molecule has 0 bridgehead atoms. The molecule has 24 heavy (non-hydrogen) atoms. The minimum atomic E-state index is 0. The quantitative estimate of drug-likeness (QED) is 0.298. The Balaban J connectivity index is 0.00000208. The number of halogens is 2. The Morgan fingerprint density at radius 3 is 2.83 bits per heavy atom. The molecule has 0 unspecified atom stereocenters. The van der Waals surface area contributed by atoms with Crippen LogP contribution in [0.3, 0.4) is 0 Å². The fraction of sp³-hybridized carbons (Fsp3) is 0.647.